The number of rotatable bonds is 1. The third-order valence-corrected chi connectivity index (χ3v) is 5.20. The Hall–Kier alpha value is -1.61. The van der Waals surface area contributed by atoms with Gasteiger partial charge in [0.25, 0.3) is 0 Å². The van der Waals surface area contributed by atoms with Crippen molar-refractivity contribution in [3.8, 4) is 6.07 Å². The van der Waals surface area contributed by atoms with Gasteiger partial charge < -0.3 is 5.32 Å². The molecule has 1 aromatic carbocycles. The summed E-state index contributed by atoms with van der Waals surface area (Å²) in [6.45, 7) is 1.70. The highest BCUT2D eigenvalue weighted by atomic mass is 32.2. The van der Waals surface area contributed by atoms with E-state index in [2.05, 4.69) is 5.32 Å². The van der Waals surface area contributed by atoms with Crippen LogP contribution in [-0.2, 0) is 9.84 Å². The minimum Gasteiger partial charge on any atom is -0.380 e. The molecule has 6 heteroatoms. The van der Waals surface area contributed by atoms with E-state index in [0.717, 1.165) is 6.07 Å². The van der Waals surface area contributed by atoms with Gasteiger partial charge in [0.05, 0.1) is 28.3 Å². The number of nitrogens with one attached hydrogen (secondary N) is 1. The van der Waals surface area contributed by atoms with Crippen molar-refractivity contribution >= 4 is 15.5 Å². The van der Waals surface area contributed by atoms with Crippen molar-refractivity contribution in [2.24, 2.45) is 0 Å². The van der Waals surface area contributed by atoms with E-state index in [1.165, 1.54) is 12.1 Å². The second kappa shape index (κ2) is 4.00. The number of nitriles is 1. The van der Waals surface area contributed by atoms with Gasteiger partial charge in [0.2, 0.25) is 0 Å². The largest absolute Gasteiger partial charge is 0.380 e. The van der Waals surface area contributed by atoms with Crippen molar-refractivity contribution in [1.29, 1.82) is 5.26 Å². The van der Waals surface area contributed by atoms with Gasteiger partial charge in [-0.2, -0.15) is 5.26 Å². The highest BCUT2D eigenvalue weighted by Crippen LogP contribution is 2.34. The molecule has 0 fully saturated rings. The average Bonchev–Trinajstić information content (AvgIpc) is 2.26. The highest BCUT2D eigenvalue weighted by molar-refractivity contribution is 7.92. The van der Waals surface area contributed by atoms with Crippen molar-refractivity contribution in [3.63, 3.8) is 0 Å². The van der Waals surface area contributed by atoms with Gasteiger partial charge in [-0.05, 0) is 25.1 Å². The topological polar surface area (TPSA) is 70.0 Å². The number of hydrogen-bond donors (Lipinski definition) is 1. The quantitative estimate of drug-likeness (QED) is 0.828. The molecule has 17 heavy (non-hydrogen) atoms. The molecule has 2 atom stereocenters. The highest BCUT2D eigenvalue weighted by Gasteiger charge is 2.38. The molecule has 0 bridgehead atoms. The van der Waals surface area contributed by atoms with Gasteiger partial charge in [0.1, 0.15) is 5.82 Å². The van der Waals surface area contributed by atoms with Crippen LogP contribution in [0.5, 0.6) is 0 Å². The summed E-state index contributed by atoms with van der Waals surface area (Å²) in [5.74, 6) is -0.598. The van der Waals surface area contributed by atoms with Gasteiger partial charge in [-0.1, -0.05) is 0 Å². The van der Waals surface area contributed by atoms with Gasteiger partial charge in [-0.15, -0.1) is 0 Å². The fourth-order valence-corrected chi connectivity index (χ4v) is 3.93. The Bertz CT molecular complexity index is 592. The van der Waals surface area contributed by atoms with Crippen LogP contribution in [0.1, 0.15) is 13.3 Å². The van der Waals surface area contributed by atoms with Crippen LogP contribution in [0.4, 0.5) is 10.1 Å². The molecule has 2 rings (SSSR count). The second-order valence-electron chi connectivity index (χ2n) is 4.02. The van der Waals surface area contributed by atoms with E-state index in [9.17, 15) is 12.8 Å². The van der Waals surface area contributed by atoms with E-state index in [0.29, 0.717) is 5.69 Å². The lowest BCUT2D eigenvalue weighted by Gasteiger charge is -2.30. The minimum absolute atomic E-state index is 0.0594. The first kappa shape index (κ1) is 11.9. The molecule has 90 valence electrons. The van der Waals surface area contributed by atoms with Crippen molar-refractivity contribution < 1.29 is 12.8 Å². The number of benzene rings is 1. The number of nitrogens with zero attached hydrogens (tertiary/aromatic N) is 1. The van der Waals surface area contributed by atoms with Crippen LogP contribution < -0.4 is 5.32 Å². The number of sulfone groups is 1. The molecule has 1 N–H and O–H groups in total. The Labute approximate surface area is 99.0 Å². The van der Waals surface area contributed by atoms with Gasteiger partial charge in [-0.3, -0.25) is 0 Å². The van der Waals surface area contributed by atoms with Crippen LogP contribution in [0, 0.1) is 17.1 Å². The lowest BCUT2D eigenvalue weighted by Crippen LogP contribution is -2.41. The first-order chi connectivity index (χ1) is 7.96. The van der Waals surface area contributed by atoms with E-state index in [1.54, 1.807) is 6.92 Å². The number of anilines is 1. The molecule has 1 aliphatic heterocycles. The number of halogens is 1. The van der Waals surface area contributed by atoms with Gasteiger partial charge >= 0.3 is 0 Å². The molecule has 0 radical (unpaired) electrons. The van der Waals surface area contributed by atoms with Crippen molar-refractivity contribution in [2.75, 3.05) is 5.32 Å². The monoisotopic (exact) mass is 254 g/mol. The van der Waals surface area contributed by atoms with Crippen LogP contribution in [-0.4, -0.2) is 19.7 Å². The fraction of sp³-hybridized carbons (Fsp3) is 0.364. The Kier molecular flexibility index (Phi) is 2.79. The molecule has 0 saturated heterocycles. The van der Waals surface area contributed by atoms with E-state index in [1.807, 2.05) is 6.07 Å². The first-order valence-corrected chi connectivity index (χ1v) is 6.68. The van der Waals surface area contributed by atoms with E-state index < -0.39 is 20.9 Å². The van der Waals surface area contributed by atoms with Crippen molar-refractivity contribution in [2.45, 2.75) is 29.5 Å². The Morgan fingerprint density at radius 2 is 2.24 bits per heavy atom. The van der Waals surface area contributed by atoms with E-state index in [4.69, 9.17) is 5.26 Å². The standard InChI is InChI=1S/C11H11FN2O2S/c1-7-10(4-5-13)17(15,16)11-6-8(12)2-3-9(11)14-7/h2-3,6-7,10,14H,4H2,1H3. The molecule has 1 heterocycles. The van der Waals surface area contributed by atoms with Crippen LogP contribution in [0.2, 0.25) is 0 Å². The Morgan fingerprint density at radius 1 is 1.53 bits per heavy atom. The molecule has 1 aromatic rings. The molecule has 0 saturated carbocycles. The number of hydrogen-bond acceptors (Lipinski definition) is 4. The summed E-state index contributed by atoms with van der Waals surface area (Å²) in [5.41, 5.74) is 0.396. The summed E-state index contributed by atoms with van der Waals surface area (Å²) in [6, 6.07) is 5.10. The molecular weight excluding hydrogens is 243 g/mol. The lowest BCUT2D eigenvalue weighted by atomic mass is 10.1. The second-order valence-corrected chi connectivity index (χ2v) is 6.15. The maximum Gasteiger partial charge on any atom is 0.186 e. The zero-order valence-corrected chi connectivity index (χ0v) is 9.96. The summed E-state index contributed by atoms with van der Waals surface area (Å²) in [7, 11) is -3.64. The summed E-state index contributed by atoms with van der Waals surface area (Å²) in [6.07, 6.45) is -0.105. The SMILES string of the molecule is CC1Nc2ccc(F)cc2S(=O)(=O)C1CC#N. The van der Waals surface area contributed by atoms with Crippen LogP contribution in [0.15, 0.2) is 23.1 Å². The summed E-state index contributed by atoms with van der Waals surface area (Å²) < 4.78 is 37.5. The number of fused-ring (bicyclic) bond motifs is 1. The minimum atomic E-state index is -3.64. The molecule has 0 spiro atoms. The predicted octanol–water partition coefficient (Wildman–Crippen LogP) is 1.70. The van der Waals surface area contributed by atoms with Crippen molar-refractivity contribution in [1.82, 2.24) is 0 Å². The third kappa shape index (κ3) is 1.87. The Morgan fingerprint density at radius 3 is 2.88 bits per heavy atom. The Balaban J connectivity index is 2.60. The average molecular weight is 254 g/mol. The summed E-state index contributed by atoms with van der Waals surface area (Å²) in [4.78, 5) is -0.0594. The summed E-state index contributed by atoms with van der Waals surface area (Å²) in [5, 5.41) is 10.8. The maximum atomic E-state index is 13.1. The molecule has 0 aromatic heterocycles. The van der Waals surface area contributed by atoms with E-state index in [-0.39, 0.29) is 17.4 Å². The van der Waals surface area contributed by atoms with Gasteiger partial charge in [-0.25, -0.2) is 12.8 Å². The first-order valence-electron chi connectivity index (χ1n) is 5.13. The third-order valence-electron chi connectivity index (χ3n) is 2.88. The molecule has 0 amide bonds. The van der Waals surface area contributed by atoms with Gasteiger partial charge in [0.15, 0.2) is 9.84 Å². The smallest absolute Gasteiger partial charge is 0.186 e. The maximum absolute atomic E-state index is 13.1. The molecule has 4 nitrogen and oxygen atoms in total. The molecule has 1 aliphatic rings. The van der Waals surface area contributed by atoms with E-state index >= 15 is 0 Å². The van der Waals surface area contributed by atoms with Gasteiger partial charge in [0, 0.05) is 6.04 Å². The van der Waals surface area contributed by atoms with Crippen LogP contribution in [0.3, 0.4) is 0 Å². The predicted molar refractivity (Wildman–Crippen MR) is 60.7 cm³/mol. The van der Waals surface area contributed by atoms with Crippen LogP contribution in [0.25, 0.3) is 0 Å². The lowest BCUT2D eigenvalue weighted by molar-refractivity contribution is 0.557. The fourth-order valence-electron chi connectivity index (χ4n) is 2.00. The molecule has 0 aliphatic carbocycles. The van der Waals surface area contributed by atoms with Crippen molar-refractivity contribution in [3.05, 3.63) is 24.0 Å². The normalized spacial score (nSPS) is 25.5. The zero-order valence-electron chi connectivity index (χ0n) is 9.14. The molecule has 2 unspecified atom stereocenters. The van der Waals surface area contributed by atoms with Crippen LogP contribution >= 0.6 is 0 Å². The summed E-state index contributed by atoms with van der Waals surface area (Å²) >= 11 is 0. The zero-order chi connectivity index (χ0) is 12.6. The molecular formula is C11H11FN2O2S.